The highest BCUT2D eigenvalue weighted by molar-refractivity contribution is 6.03. The van der Waals surface area contributed by atoms with E-state index >= 15 is 0 Å². The highest BCUT2D eigenvalue weighted by Crippen LogP contribution is 2.29. The summed E-state index contributed by atoms with van der Waals surface area (Å²) in [5.74, 6) is 1.13. The van der Waals surface area contributed by atoms with Crippen LogP contribution in [0.1, 0.15) is 35.7 Å². The molecule has 0 spiro atoms. The summed E-state index contributed by atoms with van der Waals surface area (Å²) in [7, 11) is 3.14. The number of anilines is 1. The minimum absolute atomic E-state index is 0.183. The minimum atomic E-state index is -0.315. The van der Waals surface area contributed by atoms with Gasteiger partial charge in [-0.2, -0.15) is 5.10 Å². The van der Waals surface area contributed by atoms with Crippen LogP contribution in [0.3, 0.4) is 0 Å². The monoisotopic (exact) mass is 410 g/mol. The maximum atomic E-state index is 12.9. The van der Waals surface area contributed by atoms with Crippen LogP contribution in [-0.4, -0.2) is 50.0 Å². The zero-order valence-electron chi connectivity index (χ0n) is 17.4. The molecule has 0 aromatic heterocycles. The van der Waals surface area contributed by atoms with Crippen molar-refractivity contribution in [1.82, 2.24) is 10.3 Å². The predicted molar refractivity (Wildman–Crippen MR) is 115 cm³/mol. The fourth-order valence-electron chi connectivity index (χ4n) is 3.15. The molecule has 0 saturated heterocycles. The fourth-order valence-corrected chi connectivity index (χ4v) is 3.15. The molecule has 0 aliphatic carbocycles. The Morgan fingerprint density at radius 1 is 1.13 bits per heavy atom. The molecule has 2 aromatic carbocycles. The van der Waals surface area contributed by atoms with Crippen molar-refractivity contribution in [2.24, 2.45) is 5.10 Å². The van der Waals surface area contributed by atoms with Gasteiger partial charge >= 0.3 is 6.03 Å². The van der Waals surface area contributed by atoms with Gasteiger partial charge in [0.2, 0.25) is 0 Å². The van der Waals surface area contributed by atoms with Gasteiger partial charge in [0.25, 0.3) is 5.91 Å². The molecule has 0 saturated carbocycles. The van der Waals surface area contributed by atoms with Crippen molar-refractivity contribution in [3.8, 4) is 11.5 Å². The summed E-state index contributed by atoms with van der Waals surface area (Å²) in [5.41, 5.74) is 2.85. The number of ether oxygens (including phenoxy) is 2. The second-order valence-corrected chi connectivity index (χ2v) is 6.66. The molecule has 3 amide bonds. The molecule has 8 nitrogen and oxygen atoms in total. The molecule has 158 valence electrons. The van der Waals surface area contributed by atoms with Gasteiger partial charge in [-0.05, 0) is 62.2 Å². The van der Waals surface area contributed by atoms with E-state index in [-0.39, 0.29) is 11.9 Å². The van der Waals surface area contributed by atoms with Crippen LogP contribution >= 0.6 is 0 Å². The van der Waals surface area contributed by atoms with Gasteiger partial charge in [0.05, 0.1) is 19.4 Å². The molecule has 2 N–H and O–H groups in total. The molecular formula is C22H26N4O4. The molecule has 3 rings (SSSR count). The molecule has 0 unspecified atom stereocenters. The Morgan fingerprint density at radius 2 is 1.90 bits per heavy atom. The van der Waals surface area contributed by atoms with Crippen molar-refractivity contribution in [2.75, 3.05) is 32.6 Å². The molecule has 8 heteroatoms. The Bertz CT molecular complexity index is 941. The molecule has 1 heterocycles. The van der Waals surface area contributed by atoms with Crippen LogP contribution in [0.25, 0.3) is 0 Å². The molecule has 1 aliphatic rings. The number of nitrogens with one attached hydrogen (secondary N) is 2. The average Bonchev–Trinajstić information content (AvgIpc) is 2.79. The van der Waals surface area contributed by atoms with E-state index in [0.717, 1.165) is 24.1 Å². The topological polar surface area (TPSA) is 92.3 Å². The number of rotatable bonds is 6. The van der Waals surface area contributed by atoms with E-state index in [0.29, 0.717) is 35.9 Å². The minimum Gasteiger partial charge on any atom is -0.493 e. The Balaban J connectivity index is 1.79. The predicted octanol–water partition coefficient (Wildman–Crippen LogP) is 3.49. The number of carbonyl (C=O) groups is 2. The average molecular weight is 410 g/mol. The summed E-state index contributed by atoms with van der Waals surface area (Å²) in [4.78, 5) is 24.3. The number of carbonyl (C=O) groups excluding carboxylic acids is 2. The molecule has 1 aliphatic heterocycles. The number of hydrazone groups is 1. The van der Waals surface area contributed by atoms with Crippen LogP contribution in [0.4, 0.5) is 10.5 Å². The van der Waals surface area contributed by atoms with E-state index in [9.17, 15) is 9.59 Å². The molecule has 0 fully saturated rings. The zero-order chi connectivity index (χ0) is 21.5. The van der Waals surface area contributed by atoms with E-state index in [1.807, 2.05) is 25.1 Å². The zero-order valence-corrected chi connectivity index (χ0v) is 17.4. The largest absolute Gasteiger partial charge is 0.493 e. The summed E-state index contributed by atoms with van der Waals surface area (Å²) < 4.78 is 11.0. The van der Waals surface area contributed by atoms with Crippen LogP contribution in [0.2, 0.25) is 0 Å². The standard InChI is InChI=1S/C22H26N4O4/c1-4-30-20-14-16(9-12-19(20)29-3)18-6-5-13-26(25-18)21(27)15-7-10-17(11-8-15)24-22(28)23-2/h7-12,14H,4-6,13H2,1-3H3,(H2,23,24,28). The Morgan fingerprint density at radius 3 is 2.57 bits per heavy atom. The van der Waals surface area contributed by atoms with Gasteiger partial charge in [-0.1, -0.05) is 0 Å². The third-order valence-corrected chi connectivity index (χ3v) is 4.67. The third kappa shape index (κ3) is 4.89. The van der Waals surface area contributed by atoms with Crippen LogP contribution < -0.4 is 20.1 Å². The van der Waals surface area contributed by atoms with Crippen molar-refractivity contribution in [3.05, 3.63) is 53.6 Å². The highest BCUT2D eigenvalue weighted by Gasteiger charge is 2.21. The maximum absolute atomic E-state index is 12.9. The summed E-state index contributed by atoms with van der Waals surface area (Å²) >= 11 is 0. The smallest absolute Gasteiger partial charge is 0.318 e. The van der Waals surface area contributed by atoms with Crippen LogP contribution in [-0.2, 0) is 0 Å². The van der Waals surface area contributed by atoms with Crippen LogP contribution in [0, 0.1) is 0 Å². The van der Waals surface area contributed by atoms with Gasteiger partial charge in [-0.25, -0.2) is 9.80 Å². The Kier molecular flexibility index (Phi) is 6.90. The highest BCUT2D eigenvalue weighted by atomic mass is 16.5. The van der Waals surface area contributed by atoms with E-state index in [4.69, 9.17) is 9.47 Å². The summed E-state index contributed by atoms with van der Waals surface area (Å²) in [6.07, 6.45) is 1.59. The number of amides is 3. The Hall–Kier alpha value is -3.55. The van der Waals surface area contributed by atoms with Crippen LogP contribution in [0.15, 0.2) is 47.6 Å². The van der Waals surface area contributed by atoms with Gasteiger partial charge in [-0.15, -0.1) is 0 Å². The van der Waals surface area contributed by atoms with Crippen molar-refractivity contribution >= 4 is 23.3 Å². The number of urea groups is 1. The normalized spacial score (nSPS) is 13.3. The van der Waals surface area contributed by atoms with E-state index in [1.165, 1.54) is 5.01 Å². The maximum Gasteiger partial charge on any atom is 0.318 e. The van der Waals surface area contributed by atoms with E-state index in [1.54, 1.807) is 38.4 Å². The lowest BCUT2D eigenvalue weighted by molar-refractivity contribution is 0.0751. The lowest BCUT2D eigenvalue weighted by Gasteiger charge is -2.24. The number of hydrogen-bond donors (Lipinski definition) is 2. The number of nitrogens with zero attached hydrogens (tertiary/aromatic N) is 2. The molecule has 2 aromatic rings. The fraction of sp³-hybridized carbons (Fsp3) is 0.318. The first kappa shape index (κ1) is 21.2. The number of methoxy groups -OCH3 is 1. The molecule has 0 bridgehead atoms. The summed E-state index contributed by atoms with van der Waals surface area (Å²) in [6, 6.07) is 12.1. The second kappa shape index (κ2) is 9.78. The van der Waals surface area contributed by atoms with Gasteiger partial charge in [0.1, 0.15) is 0 Å². The van der Waals surface area contributed by atoms with E-state index in [2.05, 4.69) is 15.7 Å². The van der Waals surface area contributed by atoms with Gasteiger partial charge in [0.15, 0.2) is 11.5 Å². The first-order valence-corrected chi connectivity index (χ1v) is 9.85. The van der Waals surface area contributed by atoms with Gasteiger partial charge in [0, 0.05) is 30.4 Å². The van der Waals surface area contributed by atoms with Crippen molar-refractivity contribution < 1.29 is 19.1 Å². The van der Waals surface area contributed by atoms with E-state index < -0.39 is 0 Å². The Labute approximate surface area is 175 Å². The van der Waals surface area contributed by atoms with Gasteiger partial charge < -0.3 is 20.1 Å². The number of hydrogen-bond acceptors (Lipinski definition) is 5. The molecule has 30 heavy (non-hydrogen) atoms. The lowest BCUT2D eigenvalue weighted by atomic mass is 10.0. The quantitative estimate of drug-likeness (QED) is 0.763. The van der Waals surface area contributed by atoms with Gasteiger partial charge in [-0.3, -0.25) is 4.79 Å². The first-order valence-electron chi connectivity index (χ1n) is 9.85. The lowest BCUT2D eigenvalue weighted by Crippen LogP contribution is -2.32. The SMILES string of the molecule is CCOc1cc(C2=NN(C(=O)c3ccc(NC(=O)NC)cc3)CCC2)ccc1OC. The van der Waals surface area contributed by atoms with Crippen LogP contribution in [0.5, 0.6) is 11.5 Å². The number of benzene rings is 2. The summed E-state index contributed by atoms with van der Waals surface area (Å²) in [6.45, 7) is 3.00. The molecular weight excluding hydrogens is 384 g/mol. The third-order valence-electron chi connectivity index (χ3n) is 4.67. The second-order valence-electron chi connectivity index (χ2n) is 6.66. The molecule has 0 atom stereocenters. The van der Waals surface area contributed by atoms with Crippen molar-refractivity contribution in [2.45, 2.75) is 19.8 Å². The summed E-state index contributed by atoms with van der Waals surface area (Å²) in [5, 5.41) is 11.2. The first-order chi connectivity index (χ1) is 14.5. The molecule has 0 radical (unpaired) electrons. The van der Waals surface area contributed by atoms with Crippen molar-refractivity contribution in [1.29, 1.82) is 0 Å². The van der Waals surface area contributed by atoms with Crippen molar-refractivity contribution in [3.63, 3.8) is 0 Å².